The third-order valence-electron chi connectivity index (χ3n) is 2.91. The van der Waals surface area contributed by atoms with Gasteiger partial charge in [0.1, 0.15) is 0 Å². The van der Waals surface area contributed by atoms with Gasteiger partial charge >= 0.3 is 0 Å². The molecular formula is C16H15O. The first kappa shape index (κ1) is 11.6. The highest BCUT2D eigenvalue weighted by atomic mass is 16.1. The zero-order valence-corrected chi connectivity index (χ0v) is 10.1. The smallest absolute Gasteiger partial charge is 0.234 e. The van der Waals surface area contributed by atoms with Gasteiger partial charge in [-0.25, -0.2) is 0 Å². The summed E-state index contributed by atoms with van der Waals surface area (Å²) in [5.74, 6) is 0.423. The average Bonchev–Trinajstić information content (AvgIpc) is 2.39. The van der Waals surface area contributed by atoms with Crippen LogP contribution in [0.15, 0.2) is 48.5 Å². The van der Waals surface area contributed by atoms with Crippen LogP contribution in [0.2, 0.25) is 0 Å². The first-order valence-corrected chi connectivity index (χ1v) is 5.80. The maximum atomic E-state index is 11.1. The molecule has 0 aliphatic carbocycles. The van der Waals surface area contributed by atoms with Gasteiger partial charge in [0, 0.05) is 5.56 Å². The van der Waals surface area contributed by atoms with Crippen molar-refractivity contribution in [1.29, 1.82) is 0 Å². The lowest BCUT2D eigenvalue weighted by molar-refractivity contribution is 0.563. The predicted octanol–water partition coefficient (Wildman–Crippen LogP) is 3.93. The predicted molar refractivity (Wildman–Crippen MR) is 70.8 cm³/mol. The molecule has 85 valence electrons. The molecule has 0 bridgehead atoms. The zero-order valence-electron chi connectivity index (χ0n) is 10.1. The van der Waals surface area contributed by atoms with E-state index in [2.05, 4.69) is 19.9 Å². The van der Waals surface area contributed by atoms with Crippen LogP contribution in [0.1, 0.15) is 30.9 Å². The summed E-state index contributed by atoms with van der Waals surface area (Å²) in [6.45, 7) is 4.23. The molecule has 0 aliphatic rings. The van der Waals surface area contributed by atoms with Gasteiger partial charge in [-0.1, -0.05) is 56.3 Å². The highest BCUT2D eigenvalue weighted by Gasteiger charge is 2.07. The molecule has 1 nitrogen and oxygen atoms in total. The summed E-state index contributed by atoms with van der Waals surface area (Å²) in [4.78, 5) is 11.1. The lowest BCUT2D eigenvalue weighted by Gasteiger charge is -2.09. The van der Waals surface area contributed by atoms with Crippen LogP contribution in [0.25, 0.3) is 11.1 Å². The molecule has 0 atom stereocenters. The maximum absolute atomic E-state index is 11.1. The monoisotopic (exact) mass is 223 g/mol. The molecule has 0 saturated heterocycles. The molecule has 17 heavy (non-hydrogen) atoms. The Balaban J connectivity index is 2.52. The quantitative estimate of drug-likeness (QED) is 0.770. The summed E-state index contributed by atoms with van der Waals surface area (Å²) in [6.07, 6.45) is 2.04. The topological polar surface area (TPSA) is 17.1 Å². The van der Waals surface area contributed by atoms with Gasteiger partial charge < -0.3 is 0 Å². The van der Waals surface area contributed by atoms with Crippen LogP contribution in [0.4, 0.5) is 0 Å². The lowest BCUT2D eigenvalue weighted by atomic mass is 9.94. The Labute approximate surface area is 102 Å². The molecule has 0 aromatic heterocycles. The highest BCUT2D eigenvalue weighted by molar-refractivity contribution is 5.88. The van der Waals surface area contributed by atoms with Crippen molar-refractivity contribution in [3.05, 3.63) is 59.7 Å². The number of rotatable bonds is 3. The maximum Gasteiger partial charge on any atom is 0.234 e. The second-order valence-corrected chi connectivity index (χ2v) is 4.43. The van der Waals surface area contributed by atoms with Crippen molar-refractivity contribution in [2.75, 3.05) is 0 Å². The van der Waals surface area contributed by atoms with Crippen molar-refractivity contribution in [1.82, 2.24) is 0 Å². The van der Waals surface area contributed by atoms with E-state index in [4.69, 9.17) is 0 Å². The van der Waals surface area contributed by atoms with Crippen molar-refractivity contribution in [2.45, 2.75) is 19.8 Å². The van der Waals surface area contributed by atoms with E-state index in [1.165, 1.54) is 5.56 Å². The summed E-state index contributed by atoms with van der Waals surface area (Å²) < 4.78 is 0. The van der Waals surface area contributed by atoms with Crippen molar-refractivity contribution in [3.63, 3.8) is 0 Å². The minimum absolute atomic E-state index is 0.423. The van der Waals surface area contributed by atoms with E-state index in [0.29, 0.717) is 11.5 Å². The number of hydrogen-bond acceptors (Lipinski definition) is 1. The molecule has 0 saturated carbocycles. The second kappa shape index (κ2) is 4.96. The average molecular weight is 223 g/mol. The fourth-order valence-corrected chi connectivity index (χ4v) is 1.87. The van der Waals surface area contributed by atoms with E-state index in [-0.39, 0.29) is 0 Å². The van der Waals surface area contributed by atoms with E-state index in [0.717, 1.165) is 11.1 Å². The summed E-state index contributed by atoms with van der Waals surface area (Å²) in [6, 6.07) is 15.9. The fraction of sp³-hybridized carbons (Fsp3) is 0.188. The zero-order chi connectivity index (χ0) is 12.3. The molecule has 0 amide bonds. The molecule has 0 fully saturated rings. The van der Waals surface area contributed by atoms with Crippen LogP contribution >= 0.6 is 0 Å². The Kier molecular flexibility index (Phi) is 3.38. The van der Waals surface area contributed by atoms with Crippen LogP contribution in [-0.4, -0.2) is 6.29 Å². The van der Waals surface area contributed by atoms with Gasteiger partial charge in [0.2, 0.25) is 6.29 Å². The molecule has 1 heteroatoms. The molecule has 0 heterocycles. The van der Waals surface area contributed by atoms with Crippen LogP contribution in [0, 0.1) is 0 Å². The molecular weight excluding hydrogens is 208 g/mol. The van der Waals surface area contributed by atoms with Crippen LogP contribution in [0.3, 0.4) is 0 Å². The number of carbonyl (C=O) groups excluding carboxylic acids is 1. The minimum Gasteiger partial charge on any atom is -0.285 e. The number of hydrogen-bond donors (Lipinski definition) is 0. The summed E-state index contributed by atoms with van der Waals surface area (Å²) in [7, 11) is 0. The Hall–Kier alpha value is -1.89. The Morgan fingerprint density at radius 3 is 2.29 bits per heavy atom. The van der Waals surface area contributed by atoms with Crippen molar-refractivity contribution in [2.24, 2.45) is 0 Å². The van der Waals surface area contributed by atoms with Gasteiger partial charge in [-0.15, -0.1) is 0 Å². The van der Waals surface area contributed by atoms with E-state index in [9.17, 15) is 4.79 Å². The summed E-state index contributed by atoms with van der Waals surface area (Å²) >= 11 is 0. The molecule has 1 radical (unpaired) electrons. The Bertz CT molecular complexity index is 512. The fourth-order valence-electron chi connectivity index (χ4n) is 1.87. The van der Waals surface area contributed by atoms with Crippen LogP contribution in [0.5, 0.6) is 0 Å². The van der Waals surface area contributed by atoms with Gasteiger partial charge in [-0.3, -0.25) is 4.79 Å². The van der Waals surface area contributed by atoms with E-state index < -0.39 is 0 Å². The van der Waals surface area contributed by atoms with Crippen molar-refractivity contribution >= 4 is 6.29 Å². The van der Waals surface area contributed by atoms with E-state index >= 15 is 0 Å². The van der Waals surface area contributed by atoms with Gasteiger partial charge in [0.15, 0.2) is 0 Å². The van der Waals surface area contributed by atoms with E-state index in [1.807, 2.05) is 48.8 Å². The SMILES string of the molecule is CC(C)c1ccc(-c2ccccc2)c([C]=O)c1. The molecule has 0 aliphatic heterocycles. The molecule has 2 aromatic carbocycles. The molecule has 0 unspecified atom stereocenters. The molecule has 0 spiro atoms. The van der Waals surface area contributed by atoms with Crippen LogP contribution < -0.4 is 0 Å². The normalized spacial score (nSPS) is 10.5. The van der Waals surface area contributed by atoms with Crippen molar-refractivity contribution < 1.29 is 4.79 Å². The lowest BCUT2D eigenvalue weighted by Crippen LogP contribution is -1.93. The van der Waals surface area contributed by atoms with Gasteiger partial charge in [-0.05, 0) is 28.7 Å². The largest absolute Gasteiger partial charge is 0.285 e. The summed E-state index contributed by atoms with van der Waals surface area (Å²) in [5.41, 5.74) is 3.82. The standard InChI is InChI=1S/C16H15O/c1-12(2)14-8-9-16(15(10-14)11-17)13-6-4-3-5-7-13/h3-10,12H,1-2H3. The first-order chi connectivity index (χ1) is 8.22. The highest BCUT2D eigenvalue weighted by Crippen LogP contribution is 2.26. The first-order valence-electron chi connectivity index (χ1n) is 5.80. The Morgan fingerprint density at radius 2 is 1.71 bits per heavy atom. The Morgan fingerprint density at radius 1 is 1.00 bits per heavy atom. The van der Waals surface area contributed by atoms with Crippen LogP contribution in [-0.2, 0) is 4.79 Å². The molecule has 2 rings (SSSR count). The van der Waals surface area contributed by atoms with Gasteiger partial charge in [-0.2, -0.15) is 0 Å². The third kappa shape index (κ3) is 2.44. The summed E-state index contributed by atoms with van der Waals surface area (Å²) in [5, 5.41) is 0. The molecule has 0 N–H and O–H groups in total. The van der Waals surface area contributed by atoms with Gasteiger partial charge in [0.05, 0.1) is 0 Å². The minimum atomic E-state index is 0.423. The van der Waals surface area contributed by atoms with Gasteiger partial charge in [0.25, 0.3) is 0 Å². The number of benzene rings is 2. The molecule has 2 aromatic rings. The second-order valence-electron chi connectivity index (χ2n) is 4.43. The third-order valence-corrected chi connectivity index (χ3v) is 2.91. The van der Waals surface area contributed by atoms with E-state index in [1.54, 1.807) is 0 Å². The van der Waals surface area contributed by atoms with Crippen molar-refractivity contribution in [3.8, 4) is 11.1 Å².